The van der Waals surface area contributed by atoms with Crippen LogP contribution in [0.1, 0.15) is 49.8 Å². The predicted octanol–water partition coefficient (Wildman–Crippen LogP) is 4.06. The van der Waals surface area contributed by atoms with Gasteiger partial charge in [0.1, 0.15) is 0 Å². The Hall–Kier alpha value is -1.77. The van der Waals surface area contributed by atoms with Crippen LogP contribution in [0.4, 0.5) is 0 Å². The zero-order valence-electron chi connectivity index (χ0n) is 14.0. The summed E-state index contributed by atoms with van der Waals surface area (Å²) in [5, 5.41) is 1.34. The fraction of sp³-hybridized carbons (Fsp3) is 0.550. The Morgan fingerprint density at radius 2 is 1.91 bits per heavy atom. The van der Waals surface area contributed by atoms with Crippen LogP contribution in [0.5, 0.6) is 0 Å². The molecule has 0 radical (unpaired) electrons. The monoisotopic (exact) mass is 310 g/mol. The van der Waals surface area contributed by atoms with Gasteiger partial charge in [-0.3, -0.25) is 4.79 Å². The summed E-state index contributed by atoms with van der Waals surface area (Å²) in [6.45, 7) is 0. The number of para-hydroxylation sites is 1. The van der Waals surface area contributed by atoms with Crippen molar-refractivity contribution in [3.63, 3.8) is 0 Å². The molecule has 2 aromatic rings. The molecule has 4 rings (SSSR count). The summed E-state index contributed by atoms with van der Waals surface area (Å²) in [6, 6.07) is 8.91. The number of benzene rings is 1. The summed E-state index contributed by atoms with van der Waals surface area (Å²) >= 11 is 0. The van der Waals surface area contributed by atoms with Gasteiger partial charge in [0, 0.05) is 35.6 Å². The first-order valence-corrected chi connectivity index (χ1v) is 9.09. The lowest BCUT2D eigenvalue weighted by molar-refractivity contribution is -0.137. The average molecular weight is 310 g/mol. The molecule has 1 aromatic heterocycles. The fourth-order valence-electron chi connectivity index (χ4n) is 4.50. The highest BCUT2D eigenvalue weighted by atomic mass is 16.2. The van der Waals surface area contributed by atoms with Gasteiger partial charge in [-0.1, -0.05) is 37.5 Å². The van der Waals surface area contributed by atoms with Crippen molar-refractivity contribution in [1.29, 1.82) is 0 Å². The van der Waals surface area contributed by atoms with Gasteiger partial charge in [-0.25, -0.2) is 0 Å². The highest BCUT2D eigenvalue weighted by molar-refractivity contribution is 5.85. The standard InChI is InChI=1S/C20H26N2O/c1-22(20(23)14-7-3-2-4-8-14)15-11-12-19-17(13-15)16-9-5-6-10-18(16)21-19/h5-6,9-10,14-15,21H,2-4,7-8,11-13H2,1H3. The van der Waals surface area contributed by atoms with E-state index in [-0.39, 0.29) is 5.92 Å². The summed E-state index contributed by atoms with van der Waals surface area (Å²) in [6.07, 6.45) is 9.06. The van der Waals surface area contributed by atoms with E-state index in [9.17, 15) is 4.79 Å². The van der Waals surface area contributed by atoms with E-state index in [0.29, 0.717) is 11.9 Å². The lowest BCUT2D eigenvalue weighted by Crippen LogP contribution is -2.43. The number of hydrogen-bond acceptors (Lipinski definition) is 1. The van der Waals surface area contributed by atoms with Crippen molar-refractivity contribution in [3.8, 4) is 0 Å². The Bertz CT molecular complexity index is 712. The number of carbonyl (C=O) groups excluding carboxylic acids is 1. The number of aryl methyl sites for hydroxylation is 1. The SMILES string of the molecule is CN(C(=O)C1CCCCC1)C1CCc2[nH]c3ccccc3c2C1. The summed E-state index contributed by atoms with van der Waals surface area (Å²) < 4.78 is 0. The molecule has 23 heavy (non-hydrogen) atoms. The second-order valence-electron chi connectivity index (χ2n) is 7.31. The molecule has 0 spiro atoms. The van der Waals surface area contributed by atoms with Crippen LogP contribution in [-0.2, 0) is 17.6 Å². The number of likely N-dealkylation sites (N-methyl/N-ethyl adjacent to an activating group) is 1. The van der Waals surface area contributed by atoms with Crippen LogP contribution in [0.2, 0.25) is 0 Å². The molecule has 2 aliphatic carbocycles. The van der Waals surface area contributed by atoms with Gasteiger partial charge in [-0.2, -0.15) is 0 Å². The topological polar surface area (TPSA) is 36.1 Å². The minimum Gasteiger partial charge on any atom is -0.358 e. The zero-order chi connectivity index (χ0) is 15.8. The molecule has 3 heteroatoms. The van der Waals surface area contributed by atoms with Gasteiger partial charge in [0.25, 0.3) is 0 Å². The van der Waals surface area contributed by atoms with Crippen LogP contribution in [0.25, 0.3) is 10.9 Å². The van der Waals surface area contributed by atoms with Gasteiger partial charge >= 0.3 is 0 Å². The molecular weight excluding hydrogens is 284 g/mol. The van der Waals surface area contributed by atoms with Crippen LogP contribution < -0.4 is 0 Å². The summed E-state index contributed by atoms with van der Waals surface area (Å²) in [5.74, 6) is 0.663. The Kier molecular flexibility index (Phi) is 3.88. The molecule has 0 aliphatic heterocycles. The van der Waals surface area contributed by atoms with Gasteiger partial charge < -0.3 is 9.88 Å². The second-order valence-corrected chi connectivity index (χ2v) is 7.31. The average Bonchev–Trinajstić information content (AvgIpc) is 2.99. The summed E-state index contributed by atoms with van der Waals surface area (Å²) in [7, 11) is 2.03. The van der Waals surface area contributed by atoms with E-state index in [1.165, 1.54) is 41.4 Å². The van der Waals surface area contributed by atoms with E-state index in [1.807, 2.05) is 7.05 Å². The maximum absolute atomic E-state index is 12.8. The largest absolute Gasteiger partial charge is 0.358 e. The molecule has 0 saturated heterocycles. The number of H-pyrrole nitrogens is 1. The first-order valence-electron chi connectivity index (χ1n) is 9.09. The van der Waals surface area contributed by atoms with Crippen molar-refractivity contribution < 1.29 is 4.79 Å². The zero-order valence-corrected chi connectivity index (χ0v) is 14.0. The second kappa shape index (κ2) is 6.03. The van der Waals surface area contributed by atoms with Crippen molar-refractivity contribution in [2.24, 2.45) is 5.92 Å². The van der Waals surface area contributed by atoms with Gasteiger partial charge in [0.15, 0.2) is 0 Å². The molecule has 0 bridgehead atoms. The van der Waals surface area contributed by atoms with Crippen LogP contribution in [-0.4, -0.2) is 28.9 Å². The van der Waals surface area contributed by atoms with Crippen LogP contribution in [0.3, 0.4) is 0 Å². The summed E-state index contributed by atoms with van der Waals surface area (Å²) in [5.41, 5.74) is 4.04. The van der Waals surface area contributed by atoms with Gasteiger partial charge in [0.05, 0.1) is 0 Å². The maximum atomic E-state index is 12.8. The molecule has 122 valence electrons. The van der Waals surface area contributed by atoms with Crippen molar-refractivity contribution >= 4 is 16.8 Å². The molecule has 2 aliphatic rings. The third-order valence-electron chi connectivity index (χ3n) is 5.92. The molecule has 1 saturated carbocycles. The molecular formula is C20H26N2O. The van der Waals surface area contributed by atoms with Gasteiger partial charge in [0.2, 0.25) is 5.91 Å². The van der Waals surface area contributed by atoms with Crippen LogP contribution in [0.15, 0.2) is 24.3 Å². The molecule has 1 aromatic carbocycles. The van der Waals surface area contributed by atoms with E-state index in [2.05, 4.69) is 34.1 Å². The first-order chi connectivity index (χ1) is 11.2. The normalized spacial score (nSPS) is 22.0. The molecule has 1 fully saturated rings. The van der Waals surface area contributed by atoms with E-state index >= 15 is 0 Å². The number of fused-ring (bicyclic) bond motifs is 3. The van der Waals surface area contributed by atoms with Gasteiger partial charge in [-0.15, -0.1) is 0 Å². The van der Waals surface area contributed by atoms with Crippen molar-refractivity contribution in [2.75, 3.05) is 7.05 Å². The van der Waals surface area contributed by atoms with E-state index in [4.69, 9.17) is 0 Å². The number of rotatable bonds is 2. The first kappa shape index (κ1) is 14.8. The number of aromatic nitrogens is 1. The minimum absolute atomic E-state index is 0.276. The number of aromatic amines is 1. The lowest BCUT2D eigenvalue weighted by atomic mass is 9.86. The number of nitrogens with zero attached hydrogens (tertiary/aromatic N) is 1. The summed E-state index contributed by atoms with van der Waals surface area (Å²) in [4.78, 5) is 18.5. The van der Waals surface area contributed by atoms with E-state index < -0.39 is 0 Å². The number of hydrogen-bond donors (Lipinski definition) is 1. The quantitative estimate of drug-likeness (QED) is 0.892. The molecule has 1 atom stereocenters. The Morgan fingerprint density at radius 3 is 2.74 bits per heavy atom. The third-order valence-corrected chi connectivity index (χ3v) is 5.92. The fourth-order valence-corrected chi connectivity index (χ4v) is 4.50. The Labute approximate surface area is 138 Å². The minimum atomic E-state index is 0.276. The molecule has 1 amide bonds. The molecule has 1 heterocycles. The predicted molar refractivity (Wildman–Crippen MR) is 93.5 cm³/mol. The smallest absolute Gasteiger partial charge is 0.225 e. The van der Waals surface area contributed by atoms with E-state index in [1.54, 1.807) is 0 Å². The number of amides is 1. The van der Waals surface area contributed by atoms with Crippen molar-refractivity contribution in [3.05, 3.63) is 35.5 Å². The number of carbonyl (C=O) groups is 1. The Balaban J connectivity index is 1.53. The lowest BCUT2D eigenvalue weighted by Gasteiger charge is -2.35. The maximum Gasteiger partial charge on any atom is 0.225 e. The van der Waals surface area contributed by atoms with Crippen molar-refractivity contribution in [2.45, 2.75) is 57.4 Å². The Morgan fingerprint density at radius 1 is 1.13 bits per heavy atom. The van der Waals surface area contributed by atoms with Crippen molar-refractivity contribution in [1.82, 2.24) is 9.88 Å². The molecule has 3 nitrogen and oxygen atoms in total. The van der Waals surface area contributed by atoms with Crippen LogP contribution >= 0.6 is 0 Å². The van der Waals surface area contributed by atoms with E-state index in [0.717, 1.165) is 32.1 Å². The third kappa shape index (κ3) is 2.66. The highest BCUT2D eigenvalue weighted by Crippen LogP contribution is 2.32. The van der Waals surface area contributed by atoms with Crippen LogP contribution in [0, 0.1) is 5.92 Å². The number of nitrogens with one attached hydrogen (secondary N) is 1. The molecule has 1 unspecified atom stereocenters. The molecule has 1 N–H and O–H groups in total. The highest BCUT2D eigenvalue weighted by Gasteiger charge is 2.31. The van der Waals surface area contributed by atoms with Gasteiger partial charge in [-0.05, 0) is 43.7 Å².